The first-order valence-corrected chi connectivity index (χ1v) is 6.35. The predicted octanol–water partition coefficient (Wildman–Crippen LogP) is 2.65. The highest BCUT2D eigenvalue weighted by Gasteiger charge is 2.27. The molecule has 1 aliphatic rings. The molecule has 0 spiro atoms. The molecule has 0 aromatic heterocycles. The Labute approximate surface area is 103 Å². The molecule has 0 bridgehead atoms. The molecule has 2 rings (SSSR count). The van der Waals surface area contributed by atoms with E-state index in [4.69, 9.17) is 0 Å². The molecule has 0 heterocycles. The number of hydrogen-bond acceptors (Lipinski definition) is 2. The van der Waals surface area contributed by atoms with E-state index < -0.39 is 0 Å². The second kappa shape index (κ2) is 5.21. The lowest BCUT2D eigenvalue weighted by Gasteiger charge is -2.14. The Morgan fingerprint density at radius 1 is 1.35 bits per heavy atom. The predicted molar refractivity (Wildman–Crippen MR) is 70.3 cm³/mol. The van der Waals surface area contributed by atoms with Gasteiger partial charge < -0.3 is 10.6 Å². The van der Waals surface area contributed by atoms with Crippen LogP contribution in [-0.2, 0) is 0 Å². The zero-order valence-electron chi connectivity index (χ0n) is 10.5. The molecular formula is C14H20N2O. The summed E-state index contributed by atoms with van der Waals surface area (Å²) >= 11 is 0. The molecule has 2 N–H and O–H groups in total. The van der Waals surface area contributed by atoms with Crippen molar-refractivity contribution in [2.45, 2.75) is 32.7 Å². The third-order valence-electron chi connectivity index (χ3n) is 3.21. The third kappa shape index (κ3) is 3.22. The van der Waals surface area contributed by atoms with Crippen molar-refractivity contribution in [2.24, 2.45) is 5.92 Å². The number of anilines is 1. The number of hydrogen-bond donors (Lipinski definition) is 2. The Kier molecular flexibility index (Phi) is 3.67. The van der Waals surface area contributed by atoms with Gasteiger partial charge in [-0.15, -0.1) is 0 Å². The van der Waals surface area contributed by atoms with Crippen LogP contribution in [-0.4, -0.2) is 18.5 Å². The van der Waals surface area contributed by atoms with E-state index in [1.807, 2.05) is 31.2 Å². The molecule has 1 atom stereocenters. The van der Waals surface area contributed by atoms with Crippen LogP contribution in [0, 0.1) is 5.92 Å². The highest BCUT2D eigenvalue weighted by molar-refractivity contribution is 5.94. The summed E-state index contributed by atoms with van der Waals surface area (Å²) in [5, 5.41) is 6.26. The van der Waals surface area contributed by atoms with Gasteiger partial charge in [0, 0.05) is 23.8 Å². The van der Waals surface area contributed by atoms with Crippen LogP contribution in [0.2, 0.25) is 0 Å². The first kappa shape index (κ1) is 12.0. The number of carbonyl (C=O) groups is 1. The molecule has 1 saturated carbocycles. The summed E-state index contributed by atoms with van der Waals surface area (Å²) in [5.41, 5.74) is 1.81. The van der Waals surface area contributed by atoms with Gasteiger partial charge in [-0.1, -0.05) is 0 Å². The van der Waals surface area contributed by atoms with Crippen molar-refractivity contribution in [1.29, 1.82) is 0 Å². The van der Waals surface area contributed by atoms with Crippen LogP contribution in [0.5, 0.6) is 0 Å². The molecule has 3 nitrogen and oxygen atoms in total. The molecule has 92 valence electrons. The Balaban J connectivity index is 1.94. The summed E-state index contributed by atoms with van der Waals surface area (Å²) in [4.78, 5) is 11.6. The average molecular weight is 232 g/mol. The Morgan fingerprint density at radius 3 is 2.53 bits per heavy atom. The van der Waals surface area contributed by atoms with Crippen LogP contribution >= 0.6 is 0 Å². The highest BCUT2D eigenvalue weighted by Crippen LogP contribution is 2.33. The van der Waals surface area contributed by atoms with E-state index in [1.165, 1.54) is 12.8 Å². The maximum atomic E-state index is 11.6. The molecule has 0 aliphatic heterocycles. The van der Waals surface area contributed by atoms with Gasteiger partial charge in [0.25, 0.3) is 5.91 Å². The zero-order chi connectivity index (χ0) is 12.3. The number of benzene rings is 1. The Bertz CT molecular complexity index is 382. The van der Waals surface area contributed by atoms with Gasteiger partial charge in [0.2, 0.25) is 0 Å². The number of carbonyl (C=O) groups excluding carboxylic acids is 1. The van der Waals surface area contributed by atoms with Crippen molar-refractivity contribution in [3.05, 3.63) is 29.8 Å². The zero-order valence-corrected chi connectivity index (χ0v) is 10.5. The Morgan fingerprint density at radius 2 is 2.00 bits per heavy atom. The molecule has 17 heavy (non-hydrogen) atoms. The molecular weight excluding hydrogens is 212 g/mol. The summed E-state index contributed by atoms with van der Waals surface area (Å²) in [5.74, 6) is 0.826. The fourth-order valence-electron chi connectivity index (χ4n) is 1.96. The molecule has 0 radical (unpaired) electrons. The molecule has 1 aromatic carbocycles. The van der Waals surface area contributed by atoms with Crippen molar-refractivity contribution < 1.29 is 4.79 Å². The van der Waals surface area contributed by atoms with Crippen LogP contribution < -0.4 is 10.6 Å². The second-order valence-corrected chi connectivity index (χ2v) is 4.71. The minimum Gasteiger partial charge on any atom is -0.382 e. The maximum absolute atomic E-state index is 11.6. The fraction of sp³-hybridized carbons (Fsp3) is 0.500. The summed E-state index contributed by atoms with van der Waals surface area (Å²) < 4.78 is 0. The van der Waals surface area contributed by atoms with E-state index in [0.29, 0.717) is 12.6 Å². The number of amides is 1. The summed E-state index contributed by atoms with van der Waals surface area (Å²) in [7, 11) is 0. The van der Waals surface area contributed by atoms with E-state index in [1.54, 1.807) is 0 Å². The standard InChI is InChI=1S/C14H20N2O/c1-3-15-14(17)12-6-8-13(9-7-12)16-10(2)11-4-5-11/h6-11,16H,3-5H2,1-2H3,(H,15,17). The summed E-state index contributed by atoms with van der Waals surface area (Å²) in [6.07, 6.45) is 2.68. The lowest BCUT2D eigenvalue weighted by atomic mass is 10.1. The fourth-order valence-corrected chi connectivity index (χ4v) is 1.96. The van der Waals surface area contributed by atoms with Gasteiger partial charge in [-0.05, 0) is 56.9 Å². The molecule has 0 saturated heterocycles. The smallest absolute Gasteiger partial charge is 0.251 e. The SMILES string of the molecule is CCNC(=O)c1ccc(NC(C)C2CC2)cc1. The van der Waals surface area contributed by atoms with Crippen LogP contribution in [0.4, 0.5) is 5.69 Å². The summed E-state index contributed by atoms with van der Waals surface area (Å²) in [6, 6.07) is 8.22. The monoisotopic (exact) mass is 232 g/mol. The topological polar surface area (TPSA) is 41.1 Å². The van der Waals surface area contributed by atoms with Gasteiger partial charge in [0.1, 0.15) is 0 Å². The van der Waals surface area contributed by atoms with E-state index in [9.17, 15) is 4.79 Å². The van der Waals surface area contributed by atoms with Crippen molar-refractivity contribution in [2.75, 3.05) is 11.9 Å². The number of nitrogens with one attached hydrogen (secondary N) is 2. The molecule has 1 aliphatic carbocycles. The Hall–Kier alpha value is -1.51. The number of rotatable bonds is 5. The first-order chi connectivity index (χ1) is 8.20. The van der Waals surface area contributed by atoms with Gasteiger partial charge in [-0.25, -0.2) is 0 Å². The second-order valence-electron chi connectivity index (χ2n) is 4.71. The largest absolute Gasteiger partial charge is 0.382 e. The van der Waals surface area contributed by atoms with Gasteiger partial charge in [-0.2, -0.15) is 0 Å². The minimum absolute atomic E-state index is 0.00529. The van der Waals surface area contributed by atoms with Gasteiger partial charge in [0.15, 0.2) is 0 Å². The minimum atomic E-state index is -0.00529. The maximum Gasteiger partial charge on any atom is 0.251 e. The normalized spacial score (nSPS) is 16.4. The quantitative estimate of drug-likeness (QED) is 0.819. The van der Waals surface area contributed by atoms with E-state index in [0.717, 1.165) is 17.2 Å². The molecule has 1 aromatic rings. The lowest BCUT2D eigenvalue weighted by molar-refractivity contribution is 0.0956. The van der Waals surface area contributed by atoms with Gasteiger partial charge in [-0.3, -0.25) is 4.79 Å². The van der Waals surface area contributed by atoms with Gasteiger partial charge >= 0.3 is 0 Å². The molecule has 1 unspecified atom stereocenters. The van der Waals surface area contributed by atoms with E-state index >= 15 is 0 Å². The van der Waals surface area contributed by atoms with Crippen molar-refractivity contribution in [3.63, 3.8) is 0 Å². The van der Waals surface area contributed by atoms with Crippen molar-refractivity contribution in [1.82, 2.24) is 5.32 Å². The average Bonchev–Trinajstić information content (AvgIpc) is 3.14. The van der Waals surface area contributed by atoms with Crippen molar-refractivity contribution >= 4 is 11.6 Å². The van der Waals surface area contributed by atoms with Crippen LogP contribution in [0.25, 0.3) is 0 Å². The van der Waals surface area contributed by atoms with E-state index in [-0.39, 0.29) is 5.91 Å². The van der Waals surface area contributed by atoms with Gasteiger partial charge in [0.05, 0.1) is 0 Å². The van der Waals surface area contributed by atoms with Crippen LogP contribution in [0.1, 0.15) is 37.0 Å². The van der Waals surface area contributed by atoms with E-state index in [2.05, 4.69) is 17.6 Å². The molecule has 1 fully saturated rings. The molecule has 3 heteroatoms. The van der Waals surface area contributed by atoms with Crippen LogP contribution in [0.3, 0.4) is 0 Å². The summed E-state index contributed by atoms with van der Waals surface area (Å²) in [6.45, 7) is 4.80. The molecule has 1 amide bonds. The first-order valence-electron chi connectivity index (χ1n) is 6.35. The third-order valence-corrected chi connectivity index (χ3v) is 3.21. The highest BCUT2D eigenvalue weighted by atomic mass is 16.1. The van der Waals surface area contributed by atoms with Crippen molar-refractivity contribution in [3.8, 4) is 0 Å². The lowest BCUT2D eigenvalue weighted by Crippen LogP contribution is -2.22. The van der Waals surface area contributed by atoms with Crippen LogP contribution in [0.15, 0.2) is 24.3 Å².